The van der Waals surface area contributed by atoms with Crippen LogP contribution in [0.3, 0.4) is 0 Å². The number of hydrogen-bond acceptors (Lipinski definition) is 4. The maximum Gasteiger partial charge on any atom is 0.375 e. The van der Waals surface area contributed by atoms with Gasteiger partial charge in [0.2, 0.25) is 5.76 Å². The Labute approximate surface area is 155 Å². The first-order valence-corrected chi connectivity index (χ1v) is 8.25. The molecular weight excluding hydrogens is 412 g/mol. The molecule has 0 spiro atoms. The van der Waals surface area contributed by atoms with Gasteiger partial charge in [0.25, 0.3) is 5.91 Å². The summed E-state index contributed by atoms with van der Waals surface area (Å²) in [4.78, 5) is 24.0. The molecule has 0 aliphatic rings. The van der Waals surface area contributed by atoms with E-state index in [9.17, 15) is 18.4 Å². The summed E-state index contributed by atoms with van der Waals surface area (Å²) in [6, 6.07) is 8.71. The third-order valence-electron chi connectivity index (χ3n) is 3.63. The standard InChI is InChI=1S/C18H12BrF2NO4/c1-9-11-4-2-3-5-14(11)26-17(9)18(24)25-8-15(23)22-16-12(19)6-10(20)7-13(16)21/h2-7H,8H2,1H3,(H,22,23). The van der Waals surface area contributed by atoms with E-state index in [-0.39, 0.29) is 15.9 Å². The first-order valence-electron chi connectivity index (χ1n) is 7.46. The van der Waals surface area contributed by atoms with E-state index in [1.54, 1.807) is 25.1 Å². The fourth-order valence-electron chi connectivity index (χ4n) is 2.40. The van der Waals surface area contributed by atoms with Gasteiger partial charge in [-0.05, 0) is 35.0 Å². The summed E-state index contributed by atoms with van der Waals surface area (Å²) in [5.74, 6) is -3.34. The van der Waals surface area contributed by atoms with Gasteiger partial charge in [-0.25, -0.2) is 13.6 Å². The summed E-state index contributed by atoms with van der Waals surface area (Å²) >= 11 is 2.95. The summed E-state index contributed by atoms with van der Waals surface area (Å²) < 4.78 is 37.1. The van der Waals surface area contributed by atoms with Crippen LogP contribution in [0.5, 0.6) is 0 Å². The topological polar surface area (TPSA) is 68.5 Å². The van der Waals surface area contributed by atoms with Gasteiger partial charge in [-0.3, -0.25) is 4.79 Å². The summed E-state index contributed by atoms with van der Waals surface area (Å²) in [5.41, 5.74) is 0.879. The number of halogens is 3. The fraction of sp³-hybridized carbons (Fsp3) is 0.111. The Bertz CT molecular complexity index is 993. The molecule has 3 rings (SSSR count). The van der Waals surface area contributed by atoms with E-state index in [4.69, 9.17) is 9.15 Å². The zero-order chi connectivity index (χ0) is 18.8. The number of fused-ring (bicyclic) bond motifs is 1. The number of ether oxygens (including phenoxy) is 1. The molecule has 134 valence electrons. The van der Waals surface area contributed by atoms with Crippen LogP contribution in [0.4, 0.5) is 14.5 Å². The van der Waals surface area contributed by atoms with Gasteiger partial charge in [-0.15, -0.1) is 0 Å². The number of anilines is 1. The highest BCUT2D eigenvalue weighted by Crippen LogP contribution is 2.27. The normalized spacial score (nSPS) is 10.8. The fourth-order valence-corrected chi connectivity index (χ4v) is 2.91. The van der Waals surface area contributed by atoms with Crippen LogP contribution in [0.2, 0.25) is 0 Å². The van der Waals surface area contributed by atoms with Gasteiger partial charge in [0.1, 0.15) is 11.4 Å². The van der Waals surface area contributed by atoms with Crippen molar-refractivity contribution in [3.05, 3.63) is 63.8 Å². The van der Waals surface area contributed by atoms with E-state index < -0.39 is 30.1 Å². The number of hydrogen-bond donors (Lipinski definition) is 1. The number of esters is 1. The van der Waals surface area contributed by atoms with Crippen molar-refractivity contribution in [3.63, 3.8) is 0 Å². The largest absolute Gasteiger partial charge is 0.450 e. The molecule has 8 heteroatoms. The lowest BCUT2D eigenvalue weighted by Crippen LogP contribution is -2.22. The van der Waals surface area contributed by atoms with Gasteiger partial charge in [0.05, 0.1) is 5.69 Å². The summed E-state index contributed by atoms with van der Waals surface area (Å²) in [5, 5.41) is 2.98. The minimum Gasteiger partial charge on any atom is -0.450 e. The highest BCUT2D eigenvalue weighted by atomic mass is 79.9. The van der Waals surface area contributed by atoms with Gasteiger partial charge in [-0.1, -0.05) is 18.2 Å². The van der Waals surface area contributed by atoms with E-state index in [2.05, 4.69) is 21.2 Å². The van der Waals surface area contributed by atoms with Crippen LogP contribution < -0.4 is 5.32 Å². The highest BCUT2D eigenvalue weighted by molar-refractivity contribution is 9.10. The van der Waals surface area contributed by atoms with E-state index in [1.807, 2.05) is 6.07 Å². The summed E-state index contributed by atoms with van der Waals surface area (Å²) in [6.45, 7) is 1.05. The lowest BCUT2D eigenvalue weighted by Gasteiger charge is -2.09. The predicted molar refractivity (Wildman–Crippen MR) is 93.9 cm³/mol. The van der Waals surface area contributed by atoms with Gasteiger partial charge >= 0.3 is 5.97 Å². The Kier molecular flexibility index (Phi) is 5.03. The maximum absolute atomic E-state index is 13.7. The van der Waals surface area contributed by atoms with Crippen LogP contribution in [0.15, 0.2) is 45.3 Å². The van der Waals surface area contributed by atoms with Crippen molar-refractivity contribution in [2.45, 2.75) is 6.92 Å². The Balaban J connectivity index is 1.67. The molecule has 0 saturated carbocycles. The van der Waals surface area contributed by atoms with Crippen LogP contribution in [-0.2, 0) is 9.53 Å². The van der Waals surface area contributed by atoms with Gasteiger partial charge in [0.15, 0.2) is 12.4 Å². The van der Waals surface area contributed by atoms with E-state index in [0.29, 0.717) is 17.2 Å². The molecular formula is C18H12BrF2NO4. The zero-order valence-corrected chi connectivity index (χ0v) is 15.0. The molecule has 3 aromatic rings. The number of carbonyl (C=O) groups is 2. The number of rotatable bonds is 4. The highest BCUT2D eigenvalue weighted by Gasteiger charge is 2.20. The second-order valence-electron chi connectivity index (χ2n) is 5.42. The molecule has 1 heterocycles. The van der Waals surface area contributed by atoms with Crippen molar-refractivity contribution < 1.29 is 27.5 Å². The van der Waals surface area contributed by atoms with E-state index >= 15 is 0 Å². The number of furan rings is 1. The van der Waals surface area contributed by atoms with Crippen LogP contribution in [0, 0.1) is 18.6 Å². The lowest BCUT2D eigenvalue weighted by molar-refractivity contribution is -0.119. The van der Waals surface area contributed by atoms with Crippen LogP contribution >= 0.6 is 15.9 Å². The summed E-state index contributed by atoms with van der Waals surface area (Å²) in [6.07, 6.45) is 0. The van der Waals surface area contributed by atoms with E-state index in [1.165, 1.54) is 0 Å². The molecule has 2 aromatic carbocycles. The van der Waals surface area contributed by atoms with Crippen LogP contribution in [0.1, 0.15) is 16.1 Å². The maximum atomic E-state index is 13.7. The molecule has 0 atom stereocenters. The Morgan fingerprint density at radius 2 is 1.96 bits per heavy atom. The average molecular weight is 424 g/mol. The number of aryl methyl sites for hydroxylation is 1. The van der Waals surface area contributed by atoms with Crippen LogP contribution in [-0.4, -0.2) is 18.5 Å². The molecule has 0 radical (unpaired) electrons. The molecule has 1 amide bonds. The third-order valence-corrected chi connectivity index (χ3v) is 4.26. The number of para-hydroxylation sites is 1. The number of carbonyl (C=O) groups excluding carboxylic acids is 2. The van der Waals surface area contributed by atoms with Crippen molar-refractivity contribution >= 4 is 44.5 Å². The van der Waals surface area contributed by atoms with Gasteiger partial charge in [-0.2, -0.15) is 0 Å². The minimum absolute atomic E-state index is 0.00635. The number of amides is 1. The molecule has 1 aromatic heterocycles. The molecule has 0 bridgehead atoms. The van der Waals surface area contributed by atoms with Gasteiger partial charge in [0, 0.05) is 21.5 Å². The Hall–Kier alpha value is -2.74. The zero-order valence-electron chi connectivity index (χ0n) is 13.4. The first kappa shape index (κ1) is 18.1. The quantitative estimate of drug-likeness (QED) is 0.623. The van der Waals surface area contributed by atoms with Crippen molar-refractivity contribution in [3.8, 4) is 0 Å². The lowest BCUT2D eigenvalue weighted by atomic mass is 10.1. The van der Waals surface area contributed by atoms with Crippen molar-refractivity contribution in [1.82, 2.24) is 0 Å². The average Bonchev–Trinajstić information content (AvgIpc) is 2.93. The molecule has 0 aliphatic carbocycles. The van der Waals surface area contributed by atoms with Crippen molar-refractivity contribution in [1.29, 1.82) is 0 Å². The first-order chi connectivity index (χ1) is 12.4. The summed E-state index contributed by atoms with van der Waals surface area (Å²) in [7, 11) is 0. The van der Waals surface area contributed by atoms with Crippen molar-refractivity contribution in [2.24, 2.45) is 0 Å². The minimum atomic E-state index is -0.954. The molecule has 0 aliphatic heterocycles. The number of nitrogens with one attached hydrogen (secondary N) is 1. The monoisotopic (exact) mass is 423 g/mol. The molecule has 0 fully saturated rings. The molecule has 26 heavy (non-hydrogen) atoms. The second-order valence-corrected chi connectivity index (χ2v) is 6.28. The Morgan fingerprint density at radius 3 is 2.65 bits per heavy atom. The van der Waals surface area contributed by atoms with Crippen molar-refractivity contribution in [2.75, 3.05) is 11.9 Å². The van der Waals surface area contributed by atoms with Crippen LogP contribution in [0.25, 0.3) is 11.0 Å². The van der Waals surface area contributed by atoms with E-state index in [0.717, 1.165) is 11.5 Å². The Morgan fingerprint density at radius 1 is 1.23 bits per heavy atom. The molecule has 5 nitrogen and oxygen atoms in total. The molecule has 1 N–H and O–H groups in total. The van der Waals surface area contributed by atoms with Gasteiger partial charge < -0.3 is 14.5 Å². The second kappa shape index (κ2) is 7.25. The SMILES string of the molecule is Cc1c(C(=O)OCC(=O)Nc2c(F)cc(F)cc2Br)oc2ccccc12. The molecule has 0 unspecified atom stereocenters. The molecule has 0 saturated heterocycles. The third kappa shape index (κ3) is 3.60. The predicted octanol–water partition coefficient (Wildman–Crippen LogP) is 4.58. The number of benzene rings is 2. The smallest absolute Gasteiger partial charge is 0.375 e.